The van der Waals surface area contributed by atoms with Gasteiger partial charge < -0.3 is 19.7 Å². The minimum atomic E-state index is -0.760. The smallest absolute Gasteiger partial charge is 0.107 e. The molecule has 0 radical (unpaired) electrons. The van der Waals surface area contributed by atoms with Crippen LogP contribution in [-0.2, 0) is 9.47 Å². The number of epoxide rings is 1. The van der Waals surface area contributed by atoms with Crippen LogP contribution in [0.5, 0.6) is 0 Å². The Labute approximate surface area is 65.7 Å². The number of ether oxygens (including phenoxy) is 2. The van der Waals surface area contributed by atoms with Gasteiger partial charge in [-0.15, -0.1) is 0 Å². The van der Waals surface area contributed by atoms with Crippen molar-refractivity contribution in [1.29, 1.82) is 0 Å². The molecule has 0 amide bonds. The number of rotatable bonds is 5. The highest BCUT2D eigenvalue weighted by atomic mass is 16.6. The van der Waals surface area contributed by atoms with Gasteiger partial charge in [-0.2, -0.15) is 0 Å². The summed E-state index contributed by atoms with van der Waals surface area (Å²) in [4.78, 5) is 0. The summed E-state index contributed by atoms with van der Waals surface area (Å²) < 4.78 is 10.1. The van der Waals surface area contributed by atoms with E-state index in [0.29, 0.717) is 12.7 Å². The van der Waals surface area contributed by atoms with Crippen LogP contribution >= 0.6 is 0 Å². The molecule has 11 heavy (non-hydrogen) atoms. The van der Waals surface area contributed by atoms with Gasteiger partial charge in [-0.05, 0) is 6.92 Å². The van der Waals surface area contributed by atoms with Crippen molar-refractivity contribution >= 4 is 0 Å². The maximum Gasteiger partial charge on any atom is 0.107 e. The van der Waals surface area contributed by atoms with Crippen LogP contribution in [0, 0.1) is 0 Å². The molecule has 0 saturated carbocycles. The first-order valence-electron chi connectivity index (χ1n) is 3.76. The first-order chi connectivity index (χ1) is 5.24. The maximum atomic E-state index is 8.84. The van der Waals surface area contributed by atoms with Crippen LogP contribution in [0.3, 0.4) is 0 Å². The van der Waals surface area contributed by atoms with Gasteiger partial charge in [0, 0.05) is 0 Å². The van der Waals surface area contributed by atoms with E-state index in [1.54, 1.807) is 0 Å². The molecule has 1 aliphatic rings. The second-order valence-corrected chi connectivity index (χ2v) is 2.75. The molecule has 3 atom stereocenters. The Morgan fingerprint density at radius 2 is 2.27 bits per heavy atom. The SMILES string of the molecule is CC1OC1COCC(O)CO. The number of hydrogen-bond acceptors (Lipinski definition) is 4. The molecule has 0 spiro atoms. The Balaban J connectivity index is 1.88. The molecule has 1 heterocycles. The van der Waals surface area contributed by atoms with Crippen molar-refractivity contribution in [1.82, 2.24) is 0 Å². The summed E-state index contributed by atoms with van der Waals surface area (Å²) >= 11 is 0. The summed E-state index contributed by atoms with van der Waals surface area (Å²) in [6, 6.07) is 0. The quantitative estimate of drug-likeness (QED) is 0.516. The highest BCUT2D eigenvalue weighted by Gasteiger charge is 2.34. The first-order valence-corrected chi connectivity index (χ1v) is 3.76. The van der Waals surface area contributed by atoms with Gasteiger partial charge in [0.05, 0.1) is 25.9 Å². The summed E-state index contributed by atoms with van der Waals surface area (Å²) in [7, 11) is 0. The average Bonchev–Trinajstić information content (AvgIpc) is 2.66. The molecule has 3 unspecified atom stereocenters. The van der Waals surface area contributed by atoms with Crippen LogP contribution in [0.25, 0.3) is 0 Å². The standard InChI is InChI=1S/C7H14O4/c1-5-7(11-5)4-10-3-6(9)2-8/h5-9H,2-4H2,1H3. The molecule has 4 heteroatoms. The van der Waals surface area contributed by atoms with Gasteiger partial charge in [-0.1, -0.05) is 0 Å². The lowest BCUT2D eigenvalue weighted by Gasteiger charge is -2.06. The van der Waals surface area contributed by atoms with Crippen molar-refractivity contribution in [2.45, 2.75) is 25.2 Å². The van der Waals surface area contributed by atoms with Gasteiger partial charge in [-0.25, -0.2) is 0 Å². The lowest BCUT2D eigenvalue weighted by atomic mass is 10.3. The summed E-state index contributed by atoms with van der Waals surface area (Å²) in [5, 5.41) is 17.2. The van der Waals surface area contributed by atoms with Gasteiger partial charge in [0.1, 0.15) is 12.2 Å². The predicted octanol–water partition coefficient (Wildman–Crippen LogP) is -0.857. The molecule has 1 rings (SSSR count). The van der Waals surface area contributed by atoms with E-state index < -0.39 is 6.10 Å². The molecule has 1 aliphatic heterocycles. The summed E-state index contributed by atoms with van der Waals surface area (Å²) in [5.74, 6) is 0. The number of aliphatic hydroxyl groups excluding tert-OH is 2. The number of aliphatic hydroxyl groups is 2. The Bertz CT molecular complexity index is 113. The zero-order valence-corrected chi connectivity index (χ0v) is 6.56. The van der Waals surface area contributed by atoms with Crippen LogP contribution in [0.15, 0.2) is 0 Å². The van der Waals surface area contributed by atoms with Crippen LogP contribution in [-0.4, -0.2) is 48.3 Å². The normalized spacial score (nSPS) is 31.9. The Morgan fingerprint density at radius 1 is 1.64 bits per heavy atom. The van der Waals surface area contributed by atoms with Crippen molar-refractivity contribution in [2.75, 3.05) is 19.8 Å². The third kappa shape index (κ3) is 3.16. The van der Waals surface area contributed by atoms with E-state index in [1.807, 2.05) is 6.92 Å². The molecule has 0 aliphatic carbocycles. The van der Waals surface area contributed by atoms with E-state index in [4.69, 9.17) is 19.7 Å². The highest BCUT2D eigenvalue weighted by molar-refractivity contribution is 4.79. The summed E-state index contributed by atoms with van der Waals surface area (Å²) in [6.07, 6.45) is -0.272. The van der Waals surface area contributed by atoms with Gasteiger partial charge in [0.15, 0.2) is 0 Å². The zero-order chi connectivity index (χ0) is 8.27. The fourth-order valence-corrected chi connectivity index (χ4v) is 0.778. The molecule has 1 fully saturated rings. The lowest BCUT2D eigenvalue weighted by Crippen LogP contribution is -2.21. The molecule has 1 saturated heterocycles. The van der Waals surface area contributed by atoms with Gasteiger partial charge in [-0.3, -0.25) is 0 Å². The predicted molar refractivity (Wildman–Crippen MR) is 38.2 cm³/mol. The molecule has 4 nitrogen and oxygen atoms in total. The third-order valence-electron chi connectivity index (χ3n) is 1.64. The van der Waals surface area contributed by atoms with Crippen molar-refractivity contribution in [2.24, 2.45) is 0 Å². The topological polar surface area (TPSA) is 62.2 Å². The van der Waals surface area contributed by atoms with Crippen molar-refractivity contribution < 1.29 is 19.7 Å². The molecule has 2 N–H and O–H groups in total. The Morgan fingerprint density at radius 3 is 2.73 bits per heavy atom. The Hall–Kier alpha value is -0.160. The van der Waals surface area contributed by atoms with Gasteiger partial charge in [0.25, 0.3) is 0 Å². The van der Waals surface area contributed by atoms with Gasteiger partial charge >= 0.3 is 0 Å². The van der Waals surface area contributed by atoms with Crippen LogP contribution < -0.4 is 0 Å². The van der Waals surface area contributed by atoms with E-state index in [0.717, 1.165) is 0 Å². The van der Waals surface area contributed by atoms with Crippen molar-refractivity contribution in [3.8, 4) is 0 Å². The highest BCUT2D eigenvalue weighted by Crippen LogP contribution is 2.20. The fourth-order valence-electron chi connectivity index (χ4n) is 0.778. The minimum Gasteiger partial charge on any atom is -0.394 e. The zero-order valence-electron chi connectivity index (χ0n) is 6.56. The molecular formula is C7H14O4. The maximum absolute atomic E-state index is 8.84. The second-order valence-electron chi connectivity index (χ2n) is 2.75. The first kappa shape index (κ1) is 8.93. The Kier molecular flexibility index (Phi) is 3.26. The van der Waals surface area contributed by atoms with E-state index in [-0.39, 0.29) is 19.3 Å². The number of hydrogen-bond donors (Lipinski definition) is 2. The fraction of sp³-hybridized carbons (Fsp3) is 1.00. The monoisotopic (exact) mass is 162 g/mol. The van der Waals surface area contributed by atoms with E-state index in [1.165, 1.54) is 0 Å². The lowest BCUT2D eigenvalue weighted by molar-refractivity contribution is 0.00215. The summed E-state index contributed by atoms with van der Waals surface area (Å²) in [6.45, 7) is 2.42. The van der Waals surface area contributed by atoms with Crippen LogP contribution in [0.1, 0.15) is 6.92 Å². The molecule has 0 aromatic rings. The molecule has 0 aromatic carbocycles. The minimum absolute atomic E-state index is 0.184. The summed E-state index contributed by atoms with van der Waals surface area (Å²) in [5.41, 5.74) is 0. The molecular weight excluding hydrogens is 148 g/mol. The van der Waals surface area contributed by atoms with Gasteiger partial charge in [0.2, 0.25) is 0 Å². The average molecular weight is 162 g/mol. The van der Waals surface area contributed by atoms with Crippen LogP contribution in [0.4, 0.5) is 0 Å². The van der Waals surface area contributed by atoms with E-state index >= 15 is 0 Å². The third-order valence-corrected chi connectivity index (χ3v) is 1.64. The van der Waals surface area contributed by atoms with Crippen LogP contribution in [0.2, 0.25) is 0 Å². The van der Waals surface area contributed by atoms with E-state index in [2.05, 4.69) is 0 Å². The second kappa shape index (κ2) is 4.01. The molecule has 0 bridgehead atoms. The largest absolute Gasteiger partial charge is 0.394 e. The van der Waals surface area contributed by atoms with Crippen molar-refractivity contribution in [3.63, 3.8) is 0 Å². The molecule has 0 aromatic heterocycles. The molecule has 66 valence electrons. The van der Waals surface area contributed by atoms with Crippen molar-refractivity contribution in [3.05, 3.63) is 0 Å². The van der Waals surface area contributed by atoms with E-state index in [9.17, 15) is 0 Å².